The summed E-state index contributed by atoms with van der Waals surface area (Å²) in [7, 11) is 0. The fraction of sp³-hybridized carbons (Fsp3) is 0. The molecule has 0 unspecified atom stereocenters. The first-order valence-electron chi connectivity index (χ1n) is 6.70. The van der Waals surface area contributed by atoms with Crippen molar-refractivity contribution in [2.75, 3.05) is 0 Å². The number of rotatable bonds is 3. The van der Waals surface area contributed by atoms with Crippen molar-refractivity contribution in [2.45, 2.75) is 0 Å². The zero-order chi connectivity index (χ0) is 16.7. The molecule has 0 fully saturated rings. The lowest BCUT2D eigenvalue weighted by molar-refractivity contribution is -0.384. The Morgan fingerprint density at radius 1 is 1.12 bits per heavy atom. The summed E-state index contributed by atoms with van der Waals surface area (Å²) in [5.41, 5.74) is 1.27. The molecule has 0 spiro atoms. The molecule has 0 aliphatic carbocycles. The van der Waals surface area contributed by atoms with Gasteiger partial charge in [0.25, 0.3) is 5.69 Å². The average molecular weight is 359 g/mol. The minimum Gasteiger partial charge on any atom is -0.265 e. The molecule has 0 amide bonds. The maximum atomic E-state index is 11.0. The molecule has 0 radical (unpaired) electrons. The SMILES string of the molecule is O=[N+]([O-])c1cc(-c2nn3c(-c4ccncc4)nnc3s2)ccc1Cl. The van der Waals surface area contributed by atoms with Gasteiger partial charge in [-0.25, -0.2) is 0 Å². The predicted molar refractivity (Wildman–Crippen MR) is 89.0 cm³/mol. The van der Waals surface area contributed by atoms with Crippen molar-refractivity contribution in [2.24, 2.45) is 0 Å². The normalized spacial score (nSPS) is 11.0. The van der Waals surface area contributed by atoms with Crippen LogP contribution in [-0.4, -0.2) is 29.7 Å². The Bertz CT molecular complexity index is 1060. The first-order valence-corrected chi connectivity index (χ1v) is 7.90. The van der Waals surface area contributed by atoms with Crippen molar-refractivity contribution in [3.05, 3.63) is 57.9 Å². The van der Waals surface area contributed by atoms with Crippen molar-refractivity contribution >= 4 is 33.6 Å². The van der Waals surface area contributed by atoms with Crippen LogP contribution in [0.25, 0.3) is 26.9 Å². The van der Waals surface area contributed by atoms with E-state index in [1.165, 1.54) is 23.5 Å². The number of benzene rings is 1. The first kappa shape index (κ1) is 14.7. The zero-order valence-electron chi connectivity index (χ0n) is 11.8. The van der Waals surface area contributed by atoms with Crippen LogP contribution in [-0.2, 0) is 0 Å². The van der Waals surface area contributed by atoms with Gasteiger partial charge in [-0.05, 0) is 24.3 Å². The third-order valence-corrected chi connectivity index (χ3v) is 4.59. The van der Waals surface area contributed by atoms with Crippen LogP contribution >= 0.6 is 22.9 Å². The summed E-state index contributed by atoms with van der Waals surface area (Å²) in [5.74, 6) is 0.582. The van der Waals surface area contributed by atoms with Gasteiger partial charge in [-0.2, -0.15) is 9.61 Å². The van der Waals surface area contributed by atoms with E-state index in [2.05, 4.69) is 20.3 Å². The van der Waals surface area contributed by atoms with Gasteiger partial charge in [-0.3, -0.25) is 15.1 Å². The fourth-order valence-corrected chi connectivity index (χ4v) is 3.22. The summed E-state index contributed by atoms with van der Waals surface area (Å²) >= 11 is 7.14. The van der Waals surface area contributed by atoms with Crippen LogP contribution in [0, 0.1) is 10.1 Å². The van der Waals surface area contributed by atoms with Crippen molar-refractivity contribution in [1.82, 2.24) is 24.8 Å². The second-order valence-corrected chi connectivity index (χ2v) is 6.15. The first-order chi connectivity index (χ1) is 11.6. The molecule has 3 heterocycles. The minimum atomic E-state index is -0.519. The largest absolute Gasteiger partial charge is 0.288 e. The molecular weight excluding hydrogens is 352 g/mol. The van der Waals surface area contributed by atoms with Gasteiger partial charge in [0, 0.05) is 29.6 Å². The summed E-state index contributed by atoms with van der Waals surface area (Å²) < 4.78 is 1.61. The molecule has 10 heteroatoms. The molecule has 4 rings (SSSR count). The van der Waals surface area contributed by atoms with Crippen molar-refractivity contribution in [3.8, 4) is 22.0 Å². The van der Waals surface area contributed by atoms with Gasteiger partial charge in [-0.15, -0.1) is 10.2 Å². The van der Waals surface area contributed by atoms with Crippen LogP contribution in [0.15, 0.2) is 42.7 Å². The monoisotopic (exact) mass is 358 g/mol. The topological polar surface area (TPSA) is 99.1 Å². The molecule has 118 valence electrons. The summed E-state index contributed by atoms with van der Waals surface area (Å²) in [6.07, 6.45) is 3.32. The van der Waals surface area contributed by atoms with E-state index in [0.717, 1.165) is 5.56 Å². The highest BCUT2D eigenvalue weighted by Crippen LogP contribution is 2.33. The van der Waals surface area contributed by atoms with Gasteiger partial charge >= 0.3 is 0 Å². The average Bonchev–Trinajstić information content (AvgIpc) is 3.16. The second kappa shape index (κ2) is 5.62. The van der Waals surface area contributed by atoms with Crippen LogP contribution in [0.1, 0.15) is 0 Å². The molecule has 0 saturated carbocycles. The number of nitro groups is 1. The van der Waals surface area contributed by atoms with Crippen molar-refractivity contribution in [3.63, 3.8) is 0 Å². The summed E-state index contributed by atoms with van der Waals surface area (Å²) in [6.45, 7) is 0. The number of pyridine rings is 1. The Labute approximate surface area is 143 Å². The lowest BCUT2D eigenvalue weighted by atomic mass is 10.2. The van der Waals surface area contributed by atoms with E-state index in [9.17, 15) is 10.1 Å². The Hall–Kier alpha value is -2.91. The van der Waals surface area contributed by atoms with Gasteiger partial charge in [0.2, 0.25) is 4.96 Å². The van der Waals surface area contributed by atoms with E-state index in [1.54, 1.807) is 23.0 Å². The summed E-state index contributed by atoms with van der Waals surface area (Å²) in [5, 5.41) is 24.4. The Balaban J connectivity index is 1.84. The van der Waals surface area contributed by atoms with E-state index in [0.29, 0.717) is 21.4 Å². The quantitative estimate of drug-likeness (QED) is 0.410. The van der Waals surface area contributed by atoms with E-state index in [-0.39, 0.29) is 10.7 Å². The number of nitro benzene ring substituents is 1. The number of aromatic nitrogens is 5. The molecule has 4 aromatic rings. The highest BCUT2D eigenvalue weighted by atomic mass is 35.5. The van der Waals surface area contributed by atoms with E-state index < -0.39 is 4.92 Å². The fourth-order valence-electron chi connectivity index (χ4n) is 2.20. The standard InChI is InChI=1S/C14H7ClN6O2S/c15-10-2-1-9(7-11(10)21(22)23)13-19-20-12(17-18-14(20)24-13)8-3-5-16-6-4-8/h1-7H. The molecule has 0 aliphatic heterocycles. The molecule has 8 nitrogen and oxygen atoms in total. The predicted octanol–water partition coefficient (Wildman–Crippen LogP) is 3.48. The van der Waals surface area contributed by atoms with Crippen molar-refractivity contribution in [1.29, 1.82) is 0 Å². The van der Waals surface area contributed by atoms with Crippen LogP contribution in [0.4, 0.5) is 5.69 Å². The lowest BCUT2D eigenvalue weighted by Gasteiger charge is -1.98. The van der Waals surface area contributed by atoms with Crippen LogP contribution in [0.3, 0.4) is 0 Å². The maximum Gasteiger partial charge on any atom is 0.288 e. The molecule has 0 saturated heterocycles. The minimum absolute atomic E-state index is 0.0872. The summed E-state index contributed by atoms with van der Waals surface area (Å²) in [4.78, 5) is 15.1. The molecular formula is C14H7ClN6O2S. The van der Waals surface area contributed by atoms with E-state index in [4.69, 9.17) is 11.6 Å². The number of hydrogen-bond acceptors (Lipinski definition) is 7. The Morgan fingerprint density at radius 2 is 1.92 bits per heavy atom. The maximum absolute atomic E-state index is 11.0. The Morgan fingerprint density at radius 3 is 2.67 bits per heavy atom. The van der Waals surface area contributed by atoms with E-state index >= 15 is 0 Å². The summed E-state index contributed by atoms with van der Waals surface area (Å²) in [6, 6.07) is 8.19. The van der Waals surface area contributed by atoms with Crippen molar-refractivity contribution < 1.29 is 4.92 Å². The highest BCUT2D eigenvalue weighted by molar-refractivity contribution is 7.19. The third-order valence-electron chi connectivity index (χ3n) is 3.32. The van der Waals surface area contributed by atoms with Crippen LogP contribution in [0.5, 0.6) is 0 Å². The molecule has 1 aromatic carbocycles. The highest BCUT2D eigenvalue weighted by Gasteiger charge is 2.18. The molecule has 0 N–H and O–H groups in total. The molecule has 0 aliphatic rings. The molecule has 0 bridgehead atoms. The lowest BCUT2D eigenvalue weighted by Crippen LogP contribution is -1.92. The van der Waals surface area contributed by atoms with Gasteiger partial charge in [0.1, 0.15) is 10.0 Å². The molecule has 3 aromatic heterocycles. The second-order valence-electron chi connectivity index (χ2n) is 4.78. The van der Waals surface area contributed by atoms with E-state index in [1.807, 2.05) is 12.1 Å². The van der Waals surface area contributed by atoms with Gasteiger partial charge in [-0.1, -0.05) is 22.9 Å². The van der Waals surface area contributed by atoms with Gasteiger partial charge in [0.05, 0.1) is 4.92 Å². The third kappa shape index (κ3) is 2.39. The van der Waals surface area contributed by atoms with Gasteiger partial charge < -0.3 is 0 Å². The number of halogens is 1. The van der Waals surface area contributed by atoms with Crippen LogP contribution in [0.2, 0.25) is 5.02 Å². The molecule has 24 heavy (non-hydrogen) atoms. The number of fused-ring (bicyclic) bond motifs is 1. The Kier molecular flexibility index (Phi) is 3.44. The number of nitrogens with zero attached hydrogens (tertiary/aromatic N) is 6. The smallest absolute Gasteiger partial charge is 0.265 e. The molecule has 0 atom stereocenters. The zero-order valence-corrected chi connectivity index (χ0v) is 13.4. The van der Waals surface area contributed by atoms with Crippen LogP contribution < -0.4 is 0 Å². The van der Waals surface area contributed by atoms with Gasteiger partial charge in [0.15, 0.2) is 5.82 Å². The number of hydrogen-bond donors (Lipinski definition) is 0.